The lowest BCUT2D eigenvalue weighted by Gasteiger charge is -2.34. The van der Waals surface area contributed by atoms with E-state index in [-0.39, 0.29) is 6.04 Å². The van der Waals surface area contributed by atoms with Gasteiger partial charge in [-0.2, -0.15) is 4.31 Å². The molecule has 1 aromatic rings. The second-order valence-corrected chi connectivity index (χ2v) is 6.75. The van der Waals surface area contributed by atoms with Crippen molar-refractivity contribution >= 4 is 10.0 Å². The summed E-state index contributed by atoms with van der Waals surface area (Å²) in [5, 5.41) is 3.02. The third kappa shape index (κ3) is 3.03. The van der Waals surface area contributed by atoms with Crippen LogP contribution in [0.1, 0.15) is 18.9 Å². The molecule has 6 heteroatoms. The second kappa shape index (κ2) is 6.67. The first-order valence-corrected chi connectivity index (χ1v) is 8.37. The Morgan fingerprint density at radius 3 is 2.85 bits per heavy atom. The molecule has 0 amide bonds. The van der Waals surface area contributed by atoms with Crippen LogP contribution in [0.2, 0.25) is 0 Å². The Hall–Kier alpha value is -0.950. The zero-order chi connectivity index (χ0) is 14.6. The number of morpholine rings is 1. The van der Waals surface area contributed by atoms with Crippen molar-refractivity contribution in [2.45, 2.75) is 30.8 Å². The van der Waals surface area contributed by atoms with Gasteiger partial charge in [-0.15, -0.1) is 0 Å². The van der Waals surface area contributed by atoms with Crippen molar-refractivity contribution in [2.24, 2.45) is 0 Å². The molecule has 1 aliphatic rings. The Balaban J connectivity index is 2.38. The van der Waals surface area contributed by atoms with E-state index in [2.05, 4.69) is 5.32 Å². The lowest BCUT2D eigenvalue weighted by Crippen LogP contribution is -2.48. The van der Waals surface area contributed by atoms with E-state index < -0.39 is 10.0 Å². The zero-order valence-corrected chi connectivity index (χ0v) is 12.8. The number of ether oxygens (including phenoxy) is 1. The molecule has 20 heavy (non-hydrogen) atoms. The molecule has 0 bridgehead atoms. The first-order chi connectivity index (χ1) is 9.61. The lowest BCUT2D eigenvalue weighted by atomic mass is 10.2. The van der Waals surface area contributed by atoms with Gasteiger partial charge in [0, 0.05) is 19.1 Å². The van der Waals surface area contributed by atoms with Crippen LogP contribution in [0.3, 0.4) is 0 Å². The smallest absolute Gasteiger partial charge is 0.243 e. The number of hydrogen-bond donors (Lipinski definition) is 1. The van der Waals surface area contributed by atoms with E-state index in [0.717, 1.165) is 12.0 Å². The molecule has 1 aliphatic heterocycles. The van der Waals surface area contributed by atoms with E-state index >= 15 is 0 Å². The molecule has 0 radical (unpaired) electrons. The number of sulfonamides is 1. The molecule has 1 aromatic carbocycles. The fraction of sp³-hybridized carbons (Fsp3) is 0.571. The van der Waals surface area contributed by atoms with Crippen molar-refractivity contribution in [3.8, 4) is 0 Å². The van der Waals surface area contributed by atoms with E-state index in [0.29, 0.717) is 31.2 Å². The van der Waals surface area contributed by atoms with Gasteiger partial charge >= 0.3 is 0 Å². The fourth-order valence-electron chi connectivity index (χ4n) is 2.50. The Morgan fingerprint density at radius 1 is 1.40 bits per heavy atom. The van der Waals surface area contributed by atoms with Gasteiger partial charge in [0.15, 0.2) is 0 Å². The maximum Gasteiger partial charge on any atom is 0.243 e. The van der Waals surface area contributed by atoms with Gasteiger partial charge in [0.2, 0.25) is 10.0 Å². The quantitative estimate of drug-likeness (QED) is 0.887. The maximum atomic E-state index is 12.9. The molecule has 1 fully saturated rings. The summed E-state index contributed by atoms with van der Waals surface area (Å²) in [6.07, 6.45) is 0.757. The Labute approximate surface area is 121 Å². The van der Waals surface area contributed by atoms with Crippen LogP contribution >= 0.6 is 0 Å². The van der Waals surface area contributed by atoms with Gasteiger partial charge in [-0.3, -0.25) is 0 Å². The summed E-state index contributed by atoms with van der Waals surface area (Å²) in [6.45, 7) is 3.89. The van der Waals surface area contributed by atoms with Crippen LogP contribution in [-0.2, 0) is 21.3 Å². The molecule has 1 saturated heterocycles. The molecule has 0 spiro atoms. The van der Waals surface area contributed by atoms with Crippen LogP contribution in [0.5, 0.6) is 0 Å². The van der Waals surface area contributed by atoms with Gasteiger partial charge in [-0.1, -0.05) is 25.1 Å². The molecule has 0 saturated carbocycles. The minimum absolute atomic E-state index is 0.0728. The van der Waals surface area contributed by atoms with Crippen LogP contribution in [-0.4, -0.2) is 45.6 Å². The highest BCUT2D eigenvalue weighted by atomic mass is 32.2. The average molecular weight is 298 g/mol. The van der Waals surface area contributed by atoms with Crippen LogP contribution in [0.25, 0.3) is 0 Å². The predicted molar refractivity (Wildman–Crippen MR) is 78.0 cm³/mol. The topological polar surface area (TPSA) is 58.6 Å². The summed E-state index contributed by atoms with van der Waals surface area (Å²) >= 11 is 0. The summed E-state index contributed by atoms with van der Waals surface area (Å²) in [6, 6.07) is 7.10. The molecule has 1 N–H and O–H groups in total. The molecule has 5 nitrogen and oxygen atoms in total. The van der Waals surface area contributed by atoms with Gasteiger partial charge in [0.1, 0.15) is 0 Å². The normalized spacial score (nSPS) is 21.0. The van der Waals surface area contributed by atoms with E-state index in [4.69, 9.17) is 4.74 Å². The second-order valence-electron chi connectivity index (χ2n) is 4.89. The first-order valence-electron chi connectivity index (χ1n) is 6.93. The summed E-state index contributed by atoms with van der Waals surface area (Å²) in [5.41, 5.74) is 0.802. The lowest BCUT2D eigenvalue weighted by molar-refractivity contribution is 0.0314. The molecule has 1 atom stereocenters. The molecule has 2 rings (SSSR count). The molecule has 112 valence electrons. The highest BCUT2D eigenvalue weighted by Crippen LogP contribution is 2.24. The van der Waals surface area contributed by atoms with Crippen molar-refractivity contribution in [3.05, 3.63) is 29.8 Å². The molecule has 1 heterocycles. The molecule has 1 unspecified atom stereocenters. The van der Waals surface area contributed by atoms with Gasteiger partial charge < -0.3 is 10.1 Å². The van der Waals surface area contributed by atoms with Crippen LogP contribution in [0.15, 0.2) is 29.2 Å². The summed E-state index contributed by atoms with van der Waals surface area (Å²) in [5.74, 6) is 0. The number of rotatable bonds is 5. The number of nitrogens with one attached hydrogen (secondary N) is 1. The highest BCUT2D eigenvalue weighted by molar-refractivity contribution is 7.89. The van der Waals surface area contributed by atoms with Crippen molar-refractivity contribution in [2.75, 3.05) is 26.8 Å². The monoisotopic (exact) mass is 298 g/mol. The minimum atomic E-state index is -3.46. The number of nitrogens with zero attached hydrogens (tertiary/aromatic N) is 1. The minimum Gasteiger partial charge on any atom is -0.378 e. The van der Waals surface area contributed by atoms with Crippen LogP contribution in [0, 0.1) is 0 Å². The summed E-state index contributed by atoms with van der Waals surface area (Å²) in [7, 11) is -1.65. The maximum absolute atomic E-state index is 12.9. The van der Waals surface area contributed by atoms with Gasteiger partial charge in [-0.25, -0.2) is 8.42 Å². The third-order valence-electron chi connectivity index (χ3n) is 3.57. The van der Waals surface area contributed by atoms with Gasteiger partial charge in [0.05, 0.1) is 18.1 Å². The fourth-order valence-corrected chi connectivity index (χ4v) is 4.39. The SMILES string of the molecule is CCC1COCCN1S(=O)(=O)c1ccccc1CNC. The van der Waals surface area contributed by atoms with Crippen molar-refractivity contribution in [3.63, 3.8) is 0 Å². The van der Waals surface area contributed by atoms with Crippen LogP contribution in [0.4, 0.5) is 0 Å². The summed E-state index contributed by atoms with van der Waals surface area (Å²) < 4.78 is 32.8. The van der Waals surface area contributed by atoms with Gasteiger partial charge in [-0.05, 0) is 25.1 Å². The van der Waals surface area contributed by atoms with E-state index in [1.807, 2.05) is 26.1 Å². The third-order valence-corrected chi connectivity index (χ3v) is 5.62. The molecule has 0 aliphatic carbocycles. The molecular formula is C14H22N2O3S. The van der Waals surface area contributed by atoms with Crippen molar-refractivity contribution in [1.82, 2.24) is 9.62 Å². The zero-order valence-electron chi connectivity index (χ0n) is 12.0. The Bertz CT molecular complexity index is 545. The van der Waals surface area contributed by atoms with Crippen molar-refractivity contribution < 1.29 is 13.2 Å². The average Bonchev–Trinajstić information content (AvgIpc) is 2.48. The molecular weight excluding hydrogens is 276 g/mol. The number of benzene rings is 1. The first kappa shape index (κ1) is 15.4. The van der Waals surface area contributed by atoms with E-state index in [1.54, 1.807) is 16.4 Å². The van der Waals surface area contributed by atoms with E-state index in [9.17, 15) is 8.42 Å². The Kier molecular flexibility index (Phi) is 5.15. The van der Waals surface area contributed by atoms with Gasteiger partial charge in [0.25, 0.3) is 0 Å². The Morgan fingerprint density at radius 2 is 2.15 bits per heavy atom. The largest absolute Gasteiger partial charge is 0.378 e. The standard InChI is InChI=1S/C14H22N2O3S/c1-3-13-11-19-9-8-16(13)20(17,18)14-7-5-4-6-12(14)10-15-2/h4-7,13,15H,3,8-11H2,1-2H3. The van der Waals surface area contributed by atoms with E-state index in [1.165, 1.54) is 0 Å². The number of hydrogen-bond acceptors (Lipinski definition) is 4. The molecule has 0 aromatic heterocycles. The van der Waals surface area contributed by atoms with Crippen LogP contribution < -0.4 is 5.32 Å². The summed E-state index contributed by atoms with van der Waals surface area (Å²) in [4.78, 5) is 0.398. The van der Waals surface area contributed by atoms with Crippen molar-refractivity contribution in [1.29, 1.82) is 0 Å². The highest BCUT2D eigenvalue weighted by Gasteiger charge is 2.34. The predicted octanol–water partition coefficient (Wildman–Crippen LogP) is 1.21.